The molecule has 0 aliphatic carbocycles. The minimum Gasteiger partial charge on any atom is -0.355 e. The second kappa shape index (κ2) is 9.00. The minimum absolute atomic E-state index is 0.113. The molecule has 0 aromatic rings. The molecule has 0 fully saturated rings. The number of rotatable bonds is 8. The Labute approximate surface area is 87.6 Å². The summed E-state index contributed by atoms with van der Waals surface area (Å²) in [5.41, 5.74) is 0. The van der Waals surface area contributed by atoms with Gasteiger partial charge in [0.25, 0.3) is 0 Å². The summed E-state index contributed by atoms with van der Waals surface area (Å²) >= 11 is 0. The first kappa shape index (κ1) is 13.4. The second-order valence-electron chi connectivity index (χ2n) is 4.06. The van der Waals surface area contributed by atoms with Gasteiger partial charge >= 0.3 is 0 Å². The van der Waals surface area contributed by atoms with Crippen molar-refractivity contribution in [3.05, 3.63) is 0 Å². The Hall–Kier alpha value is -0.570. The molecular formula is C11H24N2O. The largest absolute Gasteiger partial charge is 0.355 e. The SMILES string of the molecule is CCCNCC(=O)NCCCC(C)C. The van der Waals surface area contributed by atoms with E-state index in [9.17, 15) is 4.79 Å². The molecule has 0 aromatic heterocycles. The van der Waals surface area contributed by atoms with E-state index in [4.69, 9.17) is 0 Å². The van der Waals surface area contributed by atoms with Gasteiger partial charge < -0.3 is 10.6 Å². The molecule has 2 N–H and O–H groups in total. The van der Waals surface area contributed by atoms with Crippen LogP contribution in [0.25, 0.3) is 0 Å². The molecule has 0 spiro atoms. The Morgan fingerprint density at radius 2 is 2.00 bits per heavy atom. The van der Waals surface area contributed by atoms with Crippen LogP contribution < -0.4 is 10.6 Å². The van der Waals surface area contributed by atoms with Crippen molar-refractivity contribution in [3.63, 3.8) is 0 Å². The summed E-state index contributed by atoms with van der Waals surface area (Å²) in [7, 11) is 0. The Balaban J connectivity index is 3.18. The molecule has 0 aliphatic rings. The van der Waals surface area contributed by atoms with E-state index in [-0.39, 0.29) is 5.91 Å². The predicted molar refractivity (Wildman–Crippen MR) is 60.2 cm³/mol. The van der Waals surface area contributed by atoms with Crippen molar-refractivity contribution in [2.45, 2.75) is 40.0 Å². The van der Waals surface area contributed by atoms with Gasteiger partial charge in [-0.3, -0.25) is 4.79 Å². The number of hydrogen-bond acceptors (Lipinski definition) is 2. The highest BCUT2D eigenvalue weighted by molar-refractivity contribution is 5.77. The van der Waals surface area contributed by atoms with Gasteiger partial charge in [0, 0.05) is 6.54 Å². The number of amides is 1. The fraction of sp³-hybridized carbons (Fsp3) is 0.909. The quantitative estimate of drug-likeness (QED) is 0.584. The zero-order valence-corrected chi connectivity index (χ0v) is 9.73. The number of nitrogens with one attached hydrogen (secondary N) is 2. The molecule has 3 nitrogen and oxygen atoms in total. The predicted octanol–water partition coefficient (Wildman–Crippen LogP) is 1.54. The van der Waals surface area contributed by atoms with Crippen molar-refractivity contribution < 1.29 is 4.79 Å². The summed E-state index contributed by atoms with van der Waals surface area (Å²) in [5, 5.41) is 5.97. The van der Waals surface area contributed by atoms with E-state index in [1.165, 1.54) is 6.42 Å². The van der Waals surface area contributed by atoms with E-state index in [1.807, 2.05) is 0 Å². The van der Waals surface area contributed by atoms with Crippen LogP contribution in [0.2, 0.25) is 0 Å². The van der Waals surface area contributed by atoms with Crippen molar-refractivity contribution in [3.8, 4) is 0 Å². The molecule has 0 unspecified atom stereocenters. The standard InChI is InChI=1S/C11H24N2O/c1-4-7-12-9-11(14)13-8-5-6-10(2)3/h10,12H,4-9H2,1-3H3,(H,13,14). The lowest BCUT2D eigenvalue weighted by atomic mass is 10.1. The highest BCUT2D eigenvalue weighted by Gasteiger charge is 1.99. The maximum Gasteiger partial charge on any atom is 0.233 e. The fourth-order valence-electron chi connectivity index (χ4n) is 1.18. The van der Waals surface area contributed by atoms with Crippen LogP contribution in [0.15, 0.2) is 0 Å². The smallest absolute Gasteiger partial charge is 0.233 e. The van der Waals surface area contributed by atoms with Crippen molar-refractivity contribution >= 4 is 5.91 Å². The third-order valence-corrected chi connectivity index (χ3v) is 1.99. The van der Waals surface area contributed by atoms with E-state index in [0.29, 0.717) is 6.54 Å². The molecule has 0 radical (unpaired) electrons. The van der Waals surface area contributed by atoms with Gasteiger partial charge in [-0.05, 0) is 31.7 Å². The molecule has 0 heterocycles. The molecule has 0 bridgehead atoms. The van der Waals surface area contributed by atoms with Crippen LogP contribution >= 0.6 is 0 Å². The normalized spacial score (nSPS) is 10.6. The summed E-state index contributed by atoms with van der Waals surface area (Å²) in [6, 6.07) is 0. The summed E-state index contributed by atoms with van der Waals surface area (Å²) in [4.78, 5) is 11.2. The third kappa shape index (κ3) is 9.52. The van der Waals surface area contributed by atoms with Gasteiger partial charge in [0.2, 0.25) is 5.91 Å². The Kier molecular flexibility index (Phi) is 8.64. The van der Waals surface area contributed by atoms with Crippen molar-refractivity contribution in [2.24, 2.45) is 5.92 Å². The second-order valence-corrected chi connectivity index (χ2v) is 4.06. The van der Waals surface area contributed by atoms with E-state index in [2.05, 4.69) is 31.4 Å². The summed E-state index contributed by atoms with van der Waals surface area (Å²) in [6.07, 6.45) is 3.33. The molecule has 84 valence electrons. The van der Waals surface area contributed by atoms with Crippen LogP contribution in [0.3, 0.4) is 0 Å². The first-order valence-electron chi connectivity index (χ1n) is 5.64. The molecule has 14 heavy (non-hydrogen) atoms. The summed E-state index contributed by atoms with van der Waals surface area (Å²) < 4.78 is 0. The van der Waals surface area contributed by atoms with Crippen LogP contribution in [-0.2, 0) is 4.79 Å². The molecular weight excluding hydrogens is 176 g/mol. The monoisotopic (exact) mass is 200 g/mol. The van der Waals surface area contributed by atoms with E-state index < -0.39 is 0 Å². The average molecular weight is 200 g/mol. The van der Waals surface area contributed by atoms with Gasteiger partial charge in [-0.15, -0.1) is 0 Å². The molecule has 0 saturated heterocycles. The molecule has 1 amide bonds. The minimum atomic E-state index is 0.113. The van der Waals surface area contributed by atoms with E-state index in [1.54, 1.807) is 0 Å². The lowest BCUT2D eigenvalue weighted by Gasteiger charge is -2.07. The van der Waals surface area contributed by atoms with Crippen molar-refractivity contribution in [2.75, 3.05) is 19.6 Å². The number of carbonyl (C=O) groups is 1. The van der Waals surface area contributed by atoms with E-state index >= 15 is 0 Å². The molecule has 0 saturated carbocycles. The van der Waals surface area contributed by atoms with Gasteiger partial charge in [0.15, 0.2) is 0 Å². The van der Waals surface area contributed by atoms with E-state index in [0.717, 1.165) is 31.8 Å². The fourth-order valence-corrected chi connectivity index (χ4v) is 1.18. The first-order valence-corrected chi connectivity index (χ1v) is 5.64. The molecule has 3 heteroatoms. The average Bonchev–Trinajstić information content (AvgIpc) is 2.13. The zero-order chi connectivity index (χ0) is 10.8. The van der Waals surface area contributed by atoms with Gasteiger partial charge in [-0.25, -0.2) is 0 Å². The van der Waals surface area contributed by atoms with Crippen LogP contribution in [0.4, 0.5) is 0 Å². The van der Waals surface area contributed by atoms with Crippen LogP contribution in [0.1, 0.15) is 40.0 Å². The first-order chi connectivity index (χ1) is 6.66. The van der Waals surface area contributed by atoms with Crippen LogP contribution in [0, 0.1) is 5.92 Å². The van der Waals surface area contributed by atoms with Gasteiger partial charge in [-0.1, -0.05) is 20.8 Å². The highest BCUT2D eigenvalue weighted by Crippen LogP contribution is 2.01. The topological polar surface area (TPSA) is 41.1 Å². The lowest BCUT2D eigenvalue weighted by Crippen LogP contribution is -2.34. The molecule has 0 rings (SSSR count). The lowest BCUT2D eigenvalue weighted by molar-refractivity contribution is -0.120. The van der Waals surface area contributed by atoms with Crippen LogP contribution in [-0.4, -0.2) is 25.5 Å². The Morgan fingerprint density at radius 3 is 2.57 bits per heavy atom. The van der Waals surface area contributed by atoms with Crippen LogP contribution in [0.5, 0.6) is 0 Å². The molecule has 0 atom stereocenters. The number of carbonyl (C=O) groups excluding carboxylic acids is 1. The molecule has 0 aromatic carbocycles. The van der Waals surface area contributed by atoms with Gasteiger partial charge in [0.05, 0.1) is 6.54 Å². The highest BCUT2D eigenvalue weighted by atomic mass is 16.1. The maximum atomic E-state index is 11.2. The van der Waals surface area contributed by atoms with Gasteiger partial charge in [-0.2, -0.15) is 0 Å². The third-order valence-electron chi connectivity index (χ3n) is 1.99. The van der Waals surface area contributed by atoms with Crippen molar-refractivity contribution in [1.82, 2.24) is 10.6 Å². The maximum absolute atomic E-state index is 11.2. The van der Waals surface area contributed by atoms with Crippen molar-refractivity contribution in [1.29, 1.82) is 0 Å². The Morgan fingerprint density at radius 1 is 1.29 bits per heavy atom. The summed E-state index contributed by atoms with van der Waals surface area (Å²) in [5.74, 6) is 0.840. The number of hydrogen-bond donors (Lipinski definition) is 2. The van der Waals surface area contributed by atoms with Gasteiger partial charge in [0.1, 0.15) is 0 Å². The molecule has 0 aliphatic heterocycles. The zero-order valence-electron chi connectivity index (χ0n) is 9.73. The Bertz CT molecular complexity index is 146. The summed E-state index contributed by atoms with van der Waals surface area (Å²) in [6.45, 7) is 8.67.